The van der Waals surface area contributed by atoms with Crippen molar-refractivity contribution >= 4 is 38.9 Å². The lowest BCUT2D eigenvalue weighted by atomic mass is 9.96. The Bertz CT molecular complexity index is 1250. The molecule has 0 aromatic heterocycles. The number of nitrogens with zero attached hydrogens (tertiary/aromatic N) is 3. The van der Waals surface area contributed by atoms with Crippen LogP contribution in [0.25, 0.3) is 11.1 Å². The SMILES string of the molecule is CC(=O)N1c2ccc(-c3ccc4c(c3)N(S(C)(=O)=O)CCC4)cc2N(C(=O)C2CC2)CC1C. The maximum Gasteiger partial charge on any atom is 0.232 e. The molecule has 1 fully saturated rings. The number of amides is 2. The van der Waals surface area contributed by atoms with Gasteiger partial charge in [0.1, 0.15) is 0 Å². The molecule has 8 heteroatoms. The molecule has 0 spiro atoms. The van der Waals surface area contributed by atoms with E-state index in [0.717, 1.165) is 59.4 Å². The Labute approximate surface area is 195 Å². The van der Waals surface area contributed by atoms with Gasteiger partial charge in [0, 0.05) is 25.9 Å². The smallest absolute Gasteiger partial charge is 0.232 e. The van der Waals surface area contributed by atoms with E-state index in [1.165, 1.54) is 10.6 Å². The van der Waals surface area contributed by atoms with E-state index >= 15 is 0 Å². The van der Waals surface area contributed by atoms with Crippen LogP contribution in [-0.2, 0) is 26.0 Å². The summed E-state index contributed by atoms with van der Waals surface area (Å²) in [5, 5.41) is 0. The summed E-state index contributed by atoms with van der Waals surface area (Å²) >= 11 is 0. The zero-order chi connectivity index (χ0) is 23.5. The fourth-order valence-electron chi connectivity index (χ4n) is 5.11. The Kier molecular flexibility index (Phi) is 5.23. The largest absolute Gasteiger partial charge is 0.308 e. The monoisotopic (exact) mass is 467 g/mol. The molecule has 5 rings (SSSR count). The number of anilines is 3. The minimum absolute atomic E-state index is 0.0485. The van der Waals surface area contributed by atoms with E-state index in [9.17, 15) is 18.0 Å². The standard InChI is InChI=1S/C25H29N3O4S/c1-16-15-26(25(30)19-7-8-19)24-14-21(10-11-22(24)28(16)17(2)29)20-9-6-18-5-4-12-27(23(18)13-20)33(3,31)32/h6,9-11,13-14,16,19H,4-5,7-8,12,15H2,1-3H3. The van der Waals surface area contributed by atoms with Gasteiger partial charge < -0.3 is 9.80 Å². The van der Waals surface area contributed by atoms with E-state index in [1.54, 1.807) is 11.8 Å². The van der Waals surface area contributed by atoms with E-state index in [-0.39, 0.29) is 23.8 Å². The molecule has 0 bridgehead atoms. The molecule has 1 atom stereocenters. The van der Waals surface area contributed by atoms with Crippen molar-refractivity contribution in [3.63, 3.8) is 0 Å². The van der Waals surface area contributed by atoms with Gasteiger partial charge in [-0.05, 0) is 67.5 Å². The fourth-order valence-corrected chi connectivity index (χ4v) is 6.10. The third kappa shape index (κ3) is 3.90. The van der Waals surface area contributed by atoms with Crippen molar-refractivity contribution in [1.82, 2.24) is 0 Å². The van der Waals surface area contributed by atoms with Crippen molar-refractivity contribution in [2.75, 3.05) is 33.5 Å². The summed E-state index contributed by atoms with van der Waals surface area (Å²) in [7, 11) is -3.36. The molecule has 1 unspecified atom stereocenters. The zero-order valence-corrected chi connectivity index (χ0v) is 20.1. The number of hydrogen-bond acceptors (Lipinski definition) is 4. The Hall–Kier alpha value is -2.87. The van der Waals surface area contributed by atoms with Crippen LogP contribution in [0.5, 0.6) is 0 Å². The van der Waals surface area contributed by atoms with Gasteiger partial charge in [-0.1, -0.05) is 18.2 Å². The molecule has 0 saturated heterocycles. The Morgan fingerprint density at radius 3 is 2.27 bits per heavy atom. The maximum atomic E-state index is 13.1. The molecule has 2 aromatic carbocycles. The van der Waals surface area contributed by atoms with Gasteiger partial charge in [-0.15, -0.1) is 0 Å². The Balaban J connectivity index is 1.61. The van der Waals surface area contributed by atoms with Crippen LogP contribution in [0.2, 0.25) is 0 Å². The molecular weight excluding hydrogens is 438 g/mol. The van der Waals surface area contributed by atoms with Crippen LogP contribution in [0.4, 0.5) is 17.1 Å². The topological polar surface area (TPSA) is 78.0 Å². The van der Waals surface area contributed by atoms with Crippen molar-refractivity contribution in [3.05, 3.63) is 42.0 Å². The molecule has 3 aliphatic rings. The lowest BCUT2D eigenvalue weighted by molar-refractivity contribution is -0.120. The summed E-state index contributed by atoms with van der Waals surface area (Å²) in [5.41, 5.74) is 5.02. The van der Waals surface area contributed by atoms with Gasteiger partial charge in [-0.2, -0.15) is 0 Å². The summed E-state index contributed by atoms with van der Waals surface area (Å²) in [6.45, 7) is 4.47. The highest BCUT2D eigenvalue weighted by molar-refractivity contribution is 7.92. The first-order valence-electron chi connectivity index (χ1n) is 11.5. The van der Waals surface area contributed by atoms with Crippen LogP contribution in [0.3, 0.4) is 0 Å². The normalized spacial score (nSPS) is 20.3. The van der Waals surface area contributed by atoms with E-state index < -0.39 is 10.0 Å². The number of aryl methyl sites for hydroxylation is 1. The van der Waals surface area contributed by atoms with Crippen LogP contribution in [0.15, 0.2) is 36.4 Å². The van der Waals surface area contributed by atoms with Gasteiger partial charge in [0.15, 0.2) is 0 Å². The van der Waals surface area contributed by atoms with Gasteiger partial charge >= 0.3 is 0 Å². The molecule has 7 nitrogen and oxygen atoms in total. The molecule has 1 saturated carbocycles. The molecule has 2 heterocycles. The fraction of sp³-hybridized carbons (Fsp3) is 0.440. The predicted octanol–water partition coefficient (Wildman–Crippen LogP) is 3.56. The van der Waals surface area contributed by atoms with Crippen LogP contribution < -0.4 is 14.1 Å². The molecule has 0 N–H and O–H groups in total. The zero-order valence-electron chi connectivity index (χ0n) is 19.2. The lowest BCUT2D eigenvalue weighted by Gasteiger charge is -2.41. The van der Waals surface area contributed by atoms with Crippen molar-refractivity contribution in [3.8, 4) is 11.1 Å². The number of carbonyl (C=O) groups is 2. The number of fused-ring (bicyclic) bond motifs is 2. The molecule has 2 amide bonds. The average Bonchev–Trinajstić information content (AvgIpc) is 3.61. The Morgan fingerprint density at radius 2 is 1.64 bits per heavy atom. The highest BCUT2D eigenvalue weighted by Gasteiger charge is 2.39. The molecule has 33 heavy (non-hydrogen) atoms. The highest BCUT2D eigenvalue weighted by atomic mass is 32.2. The van der Waals surface area contributed by atoms with Gasteiger partial charge in [0.2, 0.25) is 21.8 Å². The average molecular weight is 468 g/mol. The molecule has 2 aliphatic heterocycles. The van der Waals surface area contributed by atoms with E-state index in [0.29, 0.717) is 13.1 Å². The summed E-state index contributed by atoms with van der Waals surface area (Å²) in [6, 6.07) is 11.7. The van der Waals surface area contributed by atoms with E-state index in [2.05, 4.69) is 0 Å². The lowest BCUT2D eigenvalue weighted by Crippen LogP contribution is -2.51. The first kappa shape index (κ1) is 21.9. The number of carbonyl (C=O) groups excluding carboxylic acids is 2. The summed E-state index contributed by atoms with van der Waals surface area (Å²) in [5.74, 6) is 0.148. The van der Waals surface area contributed by atoms with E-state index in [4.69, 9.17) is 0 Å². The second-order valence-electron chi connectivity index (χ2n) is 9.45. The van der Waals surface area contributed by atoms with Gasteiger partial charge in [-0.3, -0.25) is 13.9 Å². The second-order valence-corrected chi connectivity index (χ2v) is 11.4. The highest BCUT2D eigenvalue weighted by Crippen LogP contribution is 2.43. The second kappa shape index (κ2) is 7.87. The summed E-state index contributed by atoms with van der Waals surface area (Å²) in [6.07, 6.45) is 4.73. The van der Waals surface area contributed by atoms with Gasteiger partial charge in [0.25, 0.3) is 0 Å². The van der Waals surface area contributed by atoms with Crippen LogP contribution >= 0.6 is 0 Å². The molecule has 1 aliphatic carbocycles. The van der Waals surface area contributed by atoms with Gasteiger partial charge in [0.05, 0.1) is 29.4 Å². The minimum atomic E-state index is -3.36. The summed E-state index contributed by atoms with van der Waals surface area (Å²) < 4.78 is 26.2. The molecule has 0 radical (unpaired) electrons. The molecular formula is C25H29N3O4S. The molecule has 174 valence electrons. The summed E-state index contributed by atoms with van der Waals surface area (Å²) in [4.78, 5) is 29.1. The quantitative estimate of drug-likeness (QED) is 0.692. The third-order valence-corrected chi connectivity index (χ3v) is 8.02. The van der Waals surface area contributed by atoms with Crippen LogP contribution in [-0.4, -0.2) is 45.6 Å². The third-order valence-electron chi connectivity index (χ3n) is 6.84. The predicted molar refractivity (Wildman–Crippen MR) is 130 cm³/mol. The van der Waals surface area contributed by atoms with E-state index in [1.807, 2.05) is 48.2 Å². The van der Waals surface area contributed by atoms with Crippen molar-refractivity contribution in [1.29, 1.82) is 0 Å². The number of sulfonamides is 1. The van der Waals surface area contributed by atoms with Crippen molar-refractivity contribution < 1.29 is 18.0 Å². The first-order chi connectivity index (χ1) is 15.6. The van der Waals surface area contributed by atoms with Gasteiger partial charge in [-0.25, -0.2) is 8.42 Å². The Morgan fingerprint density at radius 1 is 0.970 bits per heavy atom. The van der Waals surface area contributed by atoms with Crippen LogP contribution in [0, 0.1) is 5.92 Å². The number of rotatable bonds is 3. The maximum absolute atomic E-state index is 13.1. The first-order valence-corrected chi connectivity index (χ1v) is 13.4. The number of benzene rings is 2. The molecule has 2 aromatic rings. The number of hydrogen-bond donors (Lipinski definition) is 0. The van der Waals surface area contributed by atoms with Crippen molar-refractivity contribution in [2.24, 2.45) is 5.92 Å². The van der Waals surface area contributed by atoms with Crippen LogP contribution in [0.1, 0.15) is 38.7 Å². The van der Waals surface area contributed by atoms with Crippen molar-refractivity contribution in [2.45, 2.75) is 45.6 Å². The minimum Gasteiger partial charge on any atom is -0.308 e.